The Morgan fingerprint density at radius 2 is 2.00 bits per heavy atom. The van der Waals surface area contributed by atoms with Crippen molar-refractivity contribution in [2.24, 2.45) is 5.73 Å². The molecule has 2 aromatic carbocycles. The summed E-state index contributed by atoms with van der Waals surface area (Å²) in [7, 11) is 1.57. The van der Waals surface area contributed by atoms with Gasteiger partial charge in [0.25, 0.3) is 0 Å². The number of benzene rings is 2. The summed E-state index contributed by atoms with van der Waals surface area (Å²) in [4.78, 5) is 25.4. The number of hydrogen-bond donors (Lipinski definition) is 3. The molecule has 1 aliphatic heterocycles. The number of nitriles is 1. The minimum atomic E-state index is -0.654. The smallest absolute Gasteiger partial charge is 0.248 e. The quantitative estimate of drug-likeness (QED) is 0.348. The van der Waals surface area contributed by atoms with Gasteiger partial charge in [0.1, 0.15) is 17.4 Å². The van der Waals surface area contributed by atoms with Gasteiger partial charge in [-0.25, -0.2) is 4.98 Å². The number of nitrogens with one attached hydrogen (secondary N) is 2. The van der Waals surface area contributed by atoms with Gasteiger partial charge in [-0.05, 0) is 30.8 Å². The SMILES string of the molecule is C=C(C(N)=O)c1cc(N2CCN(CC)CC2)c(Cl)cc1Nc1ncc(C#N)c(Nc2cccc(OC)c2)n1. The second-order valence-electron chi connectivity index (χ2n) is 8.66. The number of hydrogen-bond acceptors (Lipinski definition) is 9. The zero-order chi connectivity index (χ0) is 27.2. The standard InChI is InChI=1S/C27H29ClN8O2/c1-4-35-8-10-36(11-9-35)24-13-21(17(2)25(30)37)23(14-22(24)28)33-27-31-16-18(15-29)26(34-27)32-19-6-5-7-20(12-19)38-3/h5-7,12-14,16H,2,4,8-11H2,1,3H3,(H2,30,37)(H2,31,32,33,34). The van der Waals surface area contributed by atoms with Gasteiger partial charge in [0, 0.05) is 49.1 Å². The van der Waals surface area contributed by atoms with E-state index in [1.807, 2.05) is 24.3 Å². The van der Waals surface area contributed by atoms with Crippen LogP contribution in [0.1, 0.15) is 18.1 Å². The lowest BCUT2D eigenvalue weighted by Crippen LogP contribution is -2.46. The van der Waals surface area contributed by atoms with Crippen LogP contribution in [0.2, 0.25) is 5.02 Å². The number of methoxy groups -OCH3 is 1. The molecule has 0 unspecified atom stereocenters. The number of carbonyl (C=O) groups excluding carboxylic acids is 1. The molecule has 11 heteroatoms. The van der Waals surface area contributed by atoms with E-state index < -0.39 is 5.91 Å². The van der Waals surface area contributed by atoms with Crippen molar-refractivity contribution >= 4 is 51.9 Å². The van der Waals surface area contributed by atoms with E-state index in [1.54, 1.807) is 19.2 Å². The van der Waals surface area contributed by atoms with Crippen molar-refractivity contribution in [3.63, 3.8) is 0 Å². The Labute approximate surface area is 226 Å². The Morgan fingerprint density at radius 1 is 1.24 bits per heavy atom. The van der Waals surface area contributed by atoms with Crippen LogP contribution in [0.4, 0.5) is 28.8 Å². The molecule has 1 aliphatic rings. The first kappa shape index (κ1) is 26.7. The summed E-state index contributed by atoms with van der Waals surface area (Å²) in [5, 5.41) is 16.3. The maximum atomic E-state index is 12.1. The Kier molecular flexibility index (Phi) is 8.31. The number of piperazine rings is 1. The lowest BCUT2D eigenvalue weighted by atomic mass is 10.0. The van der Waals surface area contributed by atoms with E-state index in [2.05, 4.69) is 50.0 Å². The molecule has 196 valence electrons. The molecule has 4 N–H and O–H groups in total. The molecule has 0 bridgehead atoms. The van der Waals surface area contributed by atoms with Gasteiger partial charge in [-0.1, -0.05) is 31.2 Å². The number of ether oxygens (including phenoxy) is 1. The third-order valence-corrected chi connectivity index (χ3v) is 6.66. The summed E-state index contributed by atoms with van der Waals surface area (Å²) in [5.74, 6) is 0.484. The summed E-state index contributed by atoms with van der Waals surface area (Å²) in [5.41, 5.74) is 8.41. The van der Waals surface area contributed by atoms with E-state index in [9.17, 15) is 10.1 Å². The zero-order valence-electron chi connectivity index (χ0n) is 21.3. The van der Waals surface area contributed by atoms with Crippen LogP contribution in [0, 0.1) is 11.3 Å². The van der Waals surface area contributed by atoms with Crippen molar-refractivity contribution < 1.29 is 9.53 Å². The average molecular weight is 533 g/mol. The Balaban J connectivity index is 1.67. The topological polar surface area (TPSA) is 132 Å². The molecule has 1 fully saturated rings. The fraction of sp³-hybridized carbons (Fsp3) is 0.259. The number of anilines is 5. The normalized spacial score (nSPS) is 13.5. The van der Waals surface area contributed by atoms with E-state index in [0.29, 0.717) is 33.5 Å². The summed E-state index contributed by atoms with van der Waals surface area (Å²) in [6, 6.07) is 12.9. The predicted octanol–water partition coefficient (Wildman–Crippen LogP) is 4.14. The summed E-state index contributed by atoms with van der Waals surface area (Å²) >= 11 is 6.72. The first-order valence-corrected chi connectivity index (χ1v) is 12.5. The van der Waals surface area contributed by atoms with E-state index >= 15 is 0 Å². The molecule has 0 radical (unpaired) electrons. The lowest BCUT2D eigenvalue weighted by Gasteiger charge is -2.36. The van der Waals surface area contributed by atoms with Gasteiger partial charge in [0.2, 0.25) is 11.9 Å². The number of amides is 1. The predicted molar refractivity (Wildman–Crippen MR) is 150 cm³/mol. The van der Waals surface area contributed by atoms with Gasteiger partial charge in [-0.15, -0.1) is 0 Å². The van der Waals surface area contributed by atoms with Gasteiger partial charge in [0.15, 0.2) is 5.82 Å². The largest absolute Gasteiger partial charge is 0.497 e. The maximum absolute atomic E-state index is 12.1. The molecule has 1 amide bonds. The summed E-state index contributed by atoms with van der Waals surface area (Å²) < 4.78 is 5.27. The Morgan fingerprint density at radius 3 is 2.66 bits per heavy atom. The number of nitrogens with zero attached hydrogens (tertiary/aromatic N) is 5. The molecule has 0 atom stereocenters. The van der Waals surface area contributed by atoms with Crippen molar-refractivity contribution in [1.82, 2.24) is 14.9 Å². The van der Waals surface area contributed by atoms with Crippen LogP contribution >= 0.6 is 11.6 Å². The van der Waals surface area contributed by atoms with Crippen LogP contribution < -0.4 is 26.0 Å². The number of carbonyl (C=O) groups is 1. The minimum absolute atomic E-state index is 0.126. The molecule has 0 spiro atoms. The van der Waals surface area contributed by atoms with Crippen LogP contribution in [-0.4, -0.2) is 60.6 Å². The van der Waals surface area contributed by atoms with Gasteiger partial charge in [-0.2, -0.15) is 10.2 Å². The highest BCUT2D eigenvalue weighted by Gasteiger charge is 2.22. The maximum Gasteiger partial charge on any atom is 0.248 e. The van der Waals surface area contributed by atoms with Crippen molar-refractivity contribution in [1.29, 1.82) is 5.26 Å². The highest BCUT2D eigenvalue weighted by atomic mass is 35.5. The Hall–Kier alpha value is -4.33. The van der Waals surface area contributed by atoms with Crippen molar-refractivity contribution in [2.75, 3.05) is 55.4 Å². The molecular formula is C27H29ClN8O2. The molecule has 10 nitrogen and oxygen atoms in total. The van der Waals surface area contributed by atoms with Crippen LogP contribution in [0.25, 0.3) is 5.57 Å². The zero-order valence-corrected chi connectivity index (χ0v) is 22.0. The number of nitrogens with two attached hydrogens (primary N) is 1. The second kappa shape index (κ2) is 11.8. The molecule has 0 aliphatic carbocycles. The fourth-order valence-electron chi connectivity index (χ4n) is 4.17. The van der Waals surface area contributed by atoms with E-state index in [4.69, 9.17) is 22.1 Å². The van der Waals surface area contributed by atoms with Gasteiger partial charge in [-0.3, -0.25) is 4.79 Å². The lowest BCUT2D eigenvalue weighted by molar-refractivity contribution is -0.112. The van der Waals surface area contributed by atoms with E-state index in [0.717, 1.165) is 38.4 Å². The van der Waals surface area contributed by atoms with Crippen molar-refractivity contribution in [2.45, 2.75) is 6.92 Å². The highest BCUT2D eigenvalue weighted by molar-refractivity contribution is 6.34. The number of primary amides is 1. The van der Waals surface area contributed by atoms with E-state index in [1.165, 1.54) is 6.20 Å². The van der Waals surface area contributed by atoms with Crippen LogP contribution in [0.3, 0.4) is 0 Å². The van der Waals surface area contributed by atoms with Crippen molar-refractivity contribution in [3.8, 4) is 11.8 Å². The number of rotatable bonds is 9. The number of likely N-dealkylation sites (N-methyl/N-ethyl adjacent to an activating group) is 1. The van der Waals surface area contributed by atoms with Crippen LogP contribution in [0.5, 0.6) is 5.75 Å². The second-order valence-corrected chi connectivity index (χ2v) is 9.07. The fourth-order valence-corrected chi connectivity index (χ4v) is 4.46. The summed E-state index contributed by atoms with van der Waals surface area (Å²) in [6.45, 7) is 10.5. The van der Waals surface area contributed by atoms with Gasteiger partial charge >= 0.3 is 0 Å². The van der Waals surface area contributed by atoms with Crippen LogP contribution in [0.15, 0.2) is 49.2 Å². The highest BCUT2D eigenvalue weighted by Crippen LogP contribution is 2.37. The summed E-state index contributed by atoms with van der Waals surface area (Å²) in [6.07, 6.45) is 1.41. The number of aromatic nitrogens is 2. The molecule has 2 heterocycles. The average Bonchev–Trinajstić information content (AvgIpc) is 2.93. The third-order valence-electron chi connectivity index (χ3n) is 6.36. The van der Waals surface area contributed by atoms with Crippen LogP contribution in [-0.2, 0) is 4.79 Å². The Bertz CT molecular complexity index is 1400. The molecule has 3 aromatic rings. The monoisotopic (exact) mass is 532 g/mol. The van der Waals surface area contributed by atoms with Crippen molar-refractivity contribution in [3.05, 3.63) is 65.3 Å². The van der Waals surface area contributed by atoms with Gasteiger partial charge in [0.05, 0.1) is 29.7 Å². The molecule has 38 heavy (non-hydrogen) atoms. The molecular weight excluding hydrogens is 504 g/mol. The minimum Gasteiger partial charge on any atom is -0.497 e. The first-order valence-electron chi connectivity index (χ1n) is 12.1. The third kappa shape index (κ3) is 5.96. The molecule has 0 saturated carbocycles. The van der Waals surface area contributed by atoms with E-state index in [-0.39, 0.29) is 17.1 Å². The molecule has 1 aromatic heterocycles. The first-order chi connectivity index (χ1) is 18.3. The molecule has 1 saturated heterocycles. The molecule has 4 rings (SSSR count). The number of halogens is 1. The van der Waals surface area contributed by atoms with Gasteiger partial charge < -0.3 is 30.9 Å².